The molecule has 0 saturated carbocycles. The fourth-order valence-electron chi connectivity index (χ4n) is 2.63. The lowest BCUT2D eigenvalue weighted by atomic mass is 10.2. The van der Waals surface area contributed by atoms with Crippen LogP contribution in [0.3, 0.4) is 0 Å². The molecular weight excluding hydrogens is 328 g/mol. The van der Waals surface area contributed by atoms with Crippen molar-refractivity contribution in [2.75, 3.05) is 34.4 Å². The third kappa shape index (κ3) is 3.84. The highest BCUT2D eigenvalue weighted by Crippen LogP contribution is 2.31. The Hall–Kier alpha value is -1.02. The van der Waals surface area contributed by atoms with E-state index >= 15 is 0 Å². The molecule has 1 atom stereocenters. The lowest BCUT2D eigenvalue weighted by molar-refractivity contribution is 0.375. The smallest absolute Gasteiger partial charge is 0.243 e. The average Bonchev–Trinajstić information content (AvgIpc) is 2.96. The quantitative estimate of drug-likeness (QED) is 0.842. The molecule has 8 heteroatoms. The first-order valence-corrected chi connectivity index (χ1v) is 8.36. The minimum Gasteiger partial charge on any atom is -0.497 e. The van der Waals surface area contributed by atoms with Crippen LogP contribution in [0.5, 0.6) is 11.5 Å². The summed E-state index contributed by atoms with van der Waals surface area (Å²) in [6.45, 7) is 1.20. The lowest BCUT2D eigenvalue weighted by Gasteiger charge is -2.24. The molecule has 6 nitrogen and oxygen atoms in total. The standard InChI is InChI=1S/C14H22N2O4S.ClH/c1-15-10-11-5-4-6-16(11)21(17,18)14-8-12(19-2)7-13(9-14)20-3;/h7-9,11,15H,4-6,10H2,1-3H3;1H. The molecule has 1 aromatic rings. The van der Waals surface area contributed by atoms with Crippen molar-refractivity contribution in [3.8, 4) is 11.5 Å². The van der Waals surface area contributed by atoms with Gasteiger partial charge in [-0.1, -0.05) is 0 Å². The molecule has 0 amide bonds. The van der Waals surface area contributed by atoms with Crippen LogP contribution in [-0.2, 0) is 10.0 Å². The number of halogens is 1. The van der Waals surface area contributed by atoms with Crippen molar-refractivity contribution in [3.63, 3.8) is 0 Å². The van der Waals surface area contributed by atoms with Crippen LogP contribution in [0.1, 0.15) is 12.8 Å². The van der Waals surface area contributed by atoms with E-state index in [1.165, 1.54) is 26.4 Å². The van der Waals surface area contributed by atoms with Crippen LogP contribution in [0, 0.1) is 0 Å². The normalized spacial score (nSPS) is 18.8. The van der Waals surface area contributed by atoms with Gasteiger partial charge in [-0.3, -0.25) is 0 Å². The molecule has 126 valence electrons. The maximum Gasteiger partial charge on any atom is 0.243 e. The SMILES string of the molecule is CNCC1CCCN1S(=O)(=O)c1cc(OC)cc(OC)c1.Cl. The van der Waals surface area contributed by atoms with E-state index in [-0.39, 0.29) is 23.3 Å². The van der Waals surface area contributed by atoms with Crippen LogP contribution < -0.4 is 14.8 Å². The van der Waals surface area contributed by atoms with Crippen molar-refractivity contribution in [1.29, 1.82) is 0 Å². The van der Waals surface area contributed by atoms with E-state index in [9.17, 15) is 8.42 Å². The molecule has 1 aliphatic heterocycles. The van der Waals surface area contributed by atoms with Gasteiger partial charge in [0.1, 0.15) is 11.5 Å². The number of hydrogen-bond acceptors (Lipinski definition) is 5. The minimum absolute atomic E-state index is 0. The van der Waals surface area contributed by atoms with Gasteiger partial charge in [-0.2, -0.15) is 4.31 Å². The molecule has 1 aliphatic rings. The molecule has 0 aliphatic carbocycles. The van der Waals surface area contributed by atoms with Crippen LogP contribution in [0.2, 0.25) is 0 Å². The monoisotopic (exact) mass is 350 g/mol. The number of likely N-dealkylation sites (N-methyl/N-ethyl adjacent to an activating group) is 1. The zero-order chi connectivity index (χ0) is 15.5. The van der Waals surface area contributed by atoms with E-state index < -0.39 is 10.0 Å². The summed E-state index contributed by atoms with van der Waals surface area (Å²) >= 11 is 0. The third-order valence-electron chi connectivity index (χ3n) is 3.69. The van der Waals surface area contributed by atoms with Crippen LogP contribution >= 0.6 is 12.4 Å². The molecule has 0 bridgehead atoms. The van der Waals surface area contributed by atoms with Crippen molar-refractivity contribution < 1.29 is 17.9 Å². The molecule has 1 fully saturated rings. The fraction of sp³-hybridized carbons (Fsp3) is 0.571. The minimum atomic E-state index is -3.54. The Morgan fingerprint density at radius 3 is 2.32 bits per heavy atom. The maximum absolute atomic E-state index is 12.8. The molecule has 1 aromatic carbocycles. The van der Waals surface area contributed by atoms with Gasteiger partial charge < -0.3 is 14.8 Å². The summed E-state index contributed by atoms with van der Waals surface area (Å²) in [6.07, 6.45) is 1.76. The largest absolute Gasteiger partial charge is 0.497 e. The Morgan fingerprint density at radius 1 is 1.23 bits per heavy atom. The van der Waals surface area contributed by atoms with Gasteiger partial charge in [-0.05, 0) is 19.9 Å². The second kappa shape index (κ2) is 8.01. The van der Waals surface area contributed by atoms with E-state index in [1.807, 2.05) is 7.05 Å². The van der Waals surface area contributed by atoms with E-state index in [2.05, 4.69) is 5.32 Å². The van der Waals surface area contributed by atoms with Gasteiger partial charge in [0.05, 0.1) is 19.1 Å². The number of benzene rings is 1. The van der Waals surface area contributed by atoms with Gasteiger partial charge >= 0.3 is 0 Å². The van der Waals surface area contributed by atoms with Gasteiger partial charge in [-0.15, -0.1) is 12.4 Å². The summed E-state index contributed by atoms with van der Waals surface area (Å²) in [4.78, 5) is 0.210. The Bertz CT molecular complexity index is 572. The Kier molecular flexibility index (Phi) is 6.93. The molecule has 1 saturated heterocycles. The zero-order valence-electron chi connectivity index (χ0n) is 13.0. The Labute approximate surface area is 138 Å². The van der Waals surface area contributed by atoms with Crippen LogP contribution in [0.25, 0.3) is 0 Å². The topological polar surface area (TPSA) is 67.9 Å². The van der Waals surface area contributed by atoms with E-state index in [0.29, 0.717) is 24.6 Å². The molecule has 1 N–H and O–H groups in total. The van der Waals surface area contributed by atoms with Gasteiger partial charge in [0.25, 0.3) is 0 Å². The maximum atomic E-state index is 12.8. The van der Waals surface area contributed by atoms with Gasteiger partial charge in [0.15, 0.2) is 0 Å². The predicted molar refractivity (Wildman–Crippen MR) is 87.6 cm³/mol. The van der Waals surface area contributed by atoms with Gasteiger partial charge in [-0.25, -0.2) is 8.42 Å². The zero-order valence-corrected chi connectivity index (χ0v) is 14.7. The Balaban J connectivity index is 0.00000242. The fourth-order valence-corrected chi connectivity index (χ4v) is 4.37. The summed E-state index contributed by atoms with van der Waals surface area (Å²) in [5.74, 6) is 0.939. The number of ether oxygens (including phenoxy) is 2. The van der Waals surface area contributed by atoms with Crippen LogP contribution in [0.4, 0.5) is 0 Å². The van der Waals surface area contributed by atoms with Crippen molar-refractivity contribution in [2.45, 2.75) is 23.8 Å². The summed E-state index contributed by atoms with van der Waals surface area (Å²) in [7, 11) is 1.30. The summed E-state index contributed by atoms with van der Waals surface area (Å²) in [5.41, 5.74) is 0. The van der Waals surface area contributed by atoms with Gasteiger partial charge in [0.2, 0.25) is 10.0 Å². The molecule has 1 heterocycles. The summed E-state index contributed by atoms with van der Waals surface area (Å²) in [6, 6.07) is 4.73. The molecule has 0 radical (unpaired) electrons. The highest BCUT2D eigenvalue weighted by molar-refractivity contribution is 7.89. The summed E-state index contributed by atoms with van der Waals surface area (Å²) < 4.78 is 37.6. The second-order valence-electron chi connectivity index (χ2n) is 5.02. The van der Waals surface area contributed by atoms with Crippen LogP contribution in [-0.4, -0.2) is 53.1 Å². The van der Waals surface area contributed by atoms with E-state index in [0.717, 1.165) is 12.8 Å². The average molecular weight is 351 g/mol. The van der Waals surface area contributed by atoms with Crippen molar-refractivity contribution in [1.82, 2.24) is 9.62 Å². The second-order valence-corrected chi connectivity index (χ2v) is 6.91. The number of nitrogens with one attached hydrogen (secondary N) is 1. The number of methoxy groups -OCH3 is 2. The Morgan fingerprint density at radius 2 is 1.82 bits per heavy atom. The number of hydrogen-bond donors (Lipinski definition) is 1. The molecule has 2 rings (SSSR count). The highest BCUT2D eigenvalue weighted by atomic mass is 35.5. The third-order valence-corrected chi connectivity index (χ3v) is 5.62. The summed E-state index contributed by atoms with van der Waals surface area (Å²) in [5, 5.41) is 3.05. The van der Waals surface area contributed by atoms with Crippen molar-refractivity contribution in [3.05, 3.63) is 18.2 Å². The number of sulfonamides is 1. The lowest BCUT2D eigenvalue weighted by Crippen LogP contribution is -2.40. The van der Waals surface area contributed by atoms with E-state index in [1.54, 1.807) is 10.4 Å². The van der Waals surface area contributed by atoms with E-state index in [4.69, 9.17) is 9.47 Å². The molecule has 0 spiro atoms. The highest BCUT2D eigenvalue weighted by Gasteiger charge is 2.35. The first kappa shape index (κ1) is 19.0. The van der Waals surface area contributed by atoms with Crippen molar-refractivity contribution in [2.24, 2.45) is 0 Å². The van der Waals surface area contributed by atoms with Crippen LogP contribution in [0.15, 0.2) is 23.1 Å². The first-order chi connectivity index (χ1) is 10.0. The molecule has 1 unspecified atom stereocenters. The number of nitrogens with zero attached hydrogens (tertiary/aromatic N) is 1. The molecule has 22 heavy (non-hydrogen) atoms. The molecule has 0 aromatic heterocycles. The van der Waals surface area contributed by atoms with Crippen molar-refractivity contribution >= 4 is 22.4 Å². The number of rotatable bonds is 6. The molecular formula is C14H23ClN2O4S. The predicted octanol–water partition coefficient (Wildman–Crippen LogP) is 1.50. The first-order valence-electron chi connectivity index (χ1n) is 6.92. The van der Waals surface area contributed by atoms with Gasteiger partial charge in [0, 0.05) is 37.3 Å².